The van der Waals surface area contributed by atoms with Crippen LogP contribution in [0.3, 0.4) is 0 Å². The van der Waals surface area contributed by atoms with Gasteiger partial charge in [-0.25, -0.2) is 0 Å². The van der Waals surface area contributed by atoms with Gasteiger partial charge in [0, 0.05) is 24.6 Å². The first-order valence-corrected chi connectivity index (χ1v) is 10.5. The Bertz CT molecular complexity index is 614. The maximum atomic E-state index is 12.5. The molecule has 2 N–H and O–H groups in total. The van der Waals surface area contributed by atoms with Crippen molar-refractivity contribution < 1.29 is 14.3 Å². The molecule has 1 amide bonds. The van der Waals surface area contributed by atoms with Crippen LogP contribution in [0.4, 0.5) is 0 Å². The van der Waals surface area contributed by atoms with Crippen molar-refractivity contribution in [1.29, 1.82) is 0 Å². The van der Waals surface area contributed by atoms with Gasteiger partial charge in [0.15, 0.2) is 0 Å². The Balaban J connectivity index is 0.00000280. The molecule has 0 bridgehead atoms. The molecule has 2 aliphatic rings. The van der Waals surface area contributed by atoms with E-state index in [-0.39, 0.29) is 24.4 Å². The minimum Gasteiger partial charge on any atom is -0.497 e. The van der Waals surface area contributed by atoms with Crippen LogP contribution in [0, 0.1) is 11.8 Å². The SMILES string of the molecule is COc1ccc(CNC(=O)CC(C)C2CCCNC2)c(OC2CCCC2)c1.Cl. The first kappa shape index (κ1) is 22.8. The molecule has 28 heavy (non-hydrogen) atoms. The molecule has 1 aliphatic carbocycles. The average molecular weight is 411 g/mol. The lowest BCUT2D eigenvalue weighted by Crippen LogP contribution is -2.35. The maximum Gasteiger partial charge on any atom is 0.220 e. The van der Waals surface area contributed by atoms with Gasteiger partial charge in [-0.15, -0.1) is 12.4 Å². The van der Waals surface area contributed by atoms with Gasteiger partial charge in [-0.2, -0.15) is 0 Å². The summed E-state index contributed by atoms with van der Waals surface area (Å²) >= 11 is 0. The highest BCUT2D eigenvalue weighted by molar-refractivity contribution is 5.85. The lowest BCUT2D eigenvalue weighted by Gasteiger charge is -2.28. The standard InChI is InChI=1S/C22H34N2O3.ClH/c1-16(17-6-5-11-23-14-17)12-22(25)24-15-18-9-10-20(26-2)13-21(18)27-19-7-3-4-8-19;/h9-10,13,16-17,19,23H,3-8,11-12,14-15H2,1-2H3,(H,24,25);1H. The van der Waals surface area contributed by atoms with Gasteiger partial charge in [-0.05, 0) is 75.6 Å². The fourth-order valence-electron chi connectivity index (χ4n) is 4.19. The van der Waals surface area contributed by atoms with Crippen molar-refractivity contribution in [1.82, 2.24) is 10.6 Å². The quantitative estimate of drug-likeness (QED) is 0.677. The highest BCUT2D eigenvalue weighted by Crippen LogP contribution is 2.30. The summed E-state index contributed by atoms with van der Waals surface area (Å²) in [4.78, 5) is 12.5. The molecule has 158 valence electrons. The largest absolute Gasteiger partial charge is 0.497 e. The second-order valence-electron chi connectivity index (χ2n) is 8.06. The molecule has 5 nitrogen and oxygen atoms in total. The van der Waals surface area contributed by atoms with Crippen LogP contribution < -0.4 is 20.1 Å². The summed E-state index contributed by atoms with van der Waals surface area (Å²) in [6, 6.07) is 5.87. The Hall–Kier alpha value is -1.46. The molecule has 1 saturated carbocycles. The van der Waals surface area contributed by atoms with Crippen molar-refractivity contribution >= 4 is 18.3 Å². The first-order valence-electron chi connectivity index (χ1n) is 10.5. The van der Waals surface area contributed by atoms with E-state index in [9.17, 15) is 4.79 Å². The van der Waals surface area contributed by atoms with Crippen LogP contribution in [0.15, 0.2) is 18.2 Å². The van der Waals surface area contributed by atoms with Gasteiger partial charge in [0.1, 0.15) is 11.5 Å². The van der Waals surface area contributed by atoms with Crippen molar-refractivity contribution in [2.45, 2.75) is 64.5 Å². The van der Waals surface area contributed by atoms with E-state index in [1.165, 1.54) is 25.7 Å². The van der Waals surface area contributed by atoms with Crippen LogP contribution in [-0.2, 0) is 11.3 Å². The molecule has 1 aliphatic heterocycles. The molecule has 1 aromatic carbocycles. The first-order chi connectivity index (χ1) is 13.2. The highest BCUT2D eigenvalue weighted by Gasteiger charge is 2.22. The Morgan fingerprint density at radius 1 is 1.25 bits per heavy atom. The number of ether oxygens (including phenoxy) is 2. The van der Waals surface area contributed by atoms with Gasteiger partial charge in [-0.1, -0.05) is 6.92 Å². The lowest BCUT2D eigenvalue weighted by atomic mass is 9.85. The molecule has 2 atom stereocenters. The van der Waals surface area contributed by atoms with Gasteiger partial charge in [-0.3, -0.25) is 4.79 Å². The Labute approximate surface area is 175 Å². The van der Waals surface area contributed by atoms with E-state index in [0.29, 0.717) is 24.8 Å². The predicted molar refractivity (Wildman–Crippen MR) is 114 cm³/mol. The summed E-state index contributed by atoms with van der Waals surface area (Å²) in [6.07, 6.45) is 7.98. The van der Waals surface area contributed by atoms with Crippen molar-refractivity contribution in [2.24, 2.45) is 11.8 Å². The monoisotopic (exact) mass is 410 g/mol. The number of hydrogen-bond donors (Lipinski definition) is 2. The Morgan fingerprint density at radius 3 is 2.71 bits per heavy atom. The number of methoxy groups -OCH3 is 1. The van der Waals surface area contributed by atoms with E-state index < -0.39 is 0 Å². The Morgan fingerprint density at radius 2 is 2.04 bits per heavy atom. The number of carbonyl (C=O) groups is 1. The number of rotatable bonds is 8. The van der Waals surface area contributed by atoms with Crippen LogP contribution in [0.25, 0.3) is 0 Å². The van der Waals surface area contributed by atoms with E-state index in [2.05, 4.69) is 17.6 Å². The topological polar surface area (TPSA) is 59.6 Å². The summed E-state index contributed by atoms with van der Waals surface area (Å²) in [5, 5.41) is 6.53. The van der Waals surface area contributed by atoms with Crippen molar-refractivity contribution in [3.63, 3.8) is 0 Å². The number of hydrogen-bond acceptors (Lipinski definition) is 4. The van der Waals surface area contributed by atoms with E-state index in [1.807, 2.05) is 18.2 Å². The van der Waals surface area contributed by atoms with Crippen LogP contribution >= 0.6 is 12.4 Å². The molecule has 2 fully saturated rings. The number of halogens is 1. The lowest BCUT2D eigenvalue weighted by molar-refractivity contribution is -0.122. The van der Waals surface area contributed by atoms with E-state index in [1.54, 1.807) is 7.11 Å². The molecule has 1 saturated heterocycles. The van der Waals surface area contributed by atoms with E-state index >= 15 is 0 Å². The van der Waals surface area contributed by atoms with Crippen LogP contribution in [-0.4, -0.2) is 32.2 Å². The fourth-order valence-corrected chi connectivity index (χ4v) is 4.19. The van der Waals surface area contributed by atoms with E-state index in [0.717, 1.165) is 43.0 Å². The summed E-state index contributed by atoms with van der Waals surface area (Å²) in [6.45, 7) is 4.84. The van der Waals surface area contributed by atoms with Gasteiger partial charge < -0.3 is 20.1 Å². The van der Waals surface area contributed by atoms with E-state index in [4.69, 9.17) is 9.47 Å². The molecule has 3 rings (SSSR count). The molecular weight excluding hydrogens is 376 g/mol. The number of carbonyl (C=O) groups excluding carboxylic acids is 1. The minimum absolute atomic E-state index is 0. The molecule has 2 unspecified atom stereocenters. The van der Waals surface area contributed by atoms with Crippen molar-refractivity contribution in [2.75, 3.05) is 20.2 Å². The van der Waals surface area contributed by atoms with Gasteiger partial charge in [0.2, 0.25) is 5.91 Å². The zero-order chi connectivity index (χ0) is 19.1. The second-order valence-corrected chi connectivity index (χ2v) is 8.06. The summed E-state index contributed by atoms with van der Waals surface area (Å²) in [5.74, 6) is 2.76. The zero-order valence-corrected chi connectivity index (χ0v) is 18.0. The minimum atomic E-state index is 0. The Kier molecular flexibility index (Phi) is 9.39. The van der Waals surface area contributed by atoms with Gasteiger partial charge >= 0.3 is 0 Å². The third-order valence-electron chi connectivity index (χ3n) is 5.99. The number of nitrogens with one attached hydrogen (secondary N) is 2. The maximum absolute atomic E-state index is 12.5. The average Bonchev–Trinajstić information content (AvgIpc) is 3.20. The van der Waals surface area contributed by atoms with Gasteiger partial charge in [0.05, 0.1) is 13.2 Å². The molecule has 1 aromatic rings. The number of benzene rings is 1. The second kappa shape index (κ2) is 11.5. The zero-order valence-electron chi connectivity index (χ0n) is 17.2. The fraction of sp³-hybridized carbons (Fsp3) is 0.682. The highest BCUT2D eigenvalue weighted by atomic mass is 35.5. The third-order valence-corrected chi connectivity index (χ3v) is 5.99. The number of piperidine rings is 1. The molecule has 0 spiro atoms. The summed E-state index contributed by atoms with van der Waals surface area (Å²) in [7, 11) is 1.66. The predicted octanol–water partition coefficient (Wildman–Crippen LogP) is 4.08. The van der Waals surface area contributed by atoms with Crippen LogP contribution in [0.5, 0.6) is 11.5 Å². The van der Waals surface area contributed by atoms with Crippen molar-refractivity contribution in [3.05, 3.63) is 23.8 Å². The number of amides is 1. The molecule has 6 heteroatoms. The smallest absolute Gasteiger partial charge is 0.220 e. The summed E-state index contributed by atoms with van der Waals surface area (Å²) < 4.78 is 11.6. The summed E-state index contributed by atoms with van der Waals surface area (Å²) in [5.41, 5.74) is 1.02. The van der Waals surface area contributed by atoms with Gasteiger partial charge in [0.25, 0.3) is 0 Å². The molecule has 0 radical (unpaired) electrons. The van der Waals surface area contributed by atoms with Crippen LogP contribution in [0.2, 0.25) is 0 Å². The molecule has 0 aromatic heterocycles. The molecular formula is C22H35ClN2O3. The third kappa shape index (κ3) is 6.56. The van der Waals surface area contributed by atoms with Crippen LogP contribution in [0.1, 0.15) is 57.4 Å². The molecule has 1 heterocycles. The normalized spacial score (nSPS) is 20.9. The van der Waals surface area contributed by atoms with Crippen molar-refractivity contribution in [3.8, 4) is 11.5 Å².